The van der Waals surface area contributed by atoms with E-state index >= 15 is 0 Å². The van der Waals surface area contributed by atoms with Gasteiger partial charge in [-0.1, -0.05) is 19.9 Å². The molecule has 4 rings (SSSR count). The molecule has 0 spiro atoms. The second kappa shape index (κ2) is 6.69. The van der Waals surface area contributed by atoms with Gasteiger partial charge >= 0.3 is 0 Å². The first kappa shape index (κ1) is 17.5. The van der Waals surface area contributed by atoms with Gasteiger partial charge in [-0.15, -0.1) is 0 Å². The highest BCUT2D eigenvalue weighted by molar-refractivity contribution is 7.80. The summed E-state index contributed by atoms with van der Waals surface area (Å²) in [6, 6.07) is 9.48. The molecule has 1 N–H and O–H groups in total. The summed E-state index contributed by atoms with van der Waals surface area (Å²) in [5, 5.41) is 4.40. The lowest BCUT2D eigenvalue weighted by Gasteiger charge is -2.29. The Morgan fingerprint density at radius 1 is 1.27 bits per heavy atom. The molecule has 2 aromatic rings. The summed E-state index contributed by atoms with van der Waals surface area (Å²) in [5.74, 6) is 0.548. The van der Waals surface area contributed by atoms with Crippen molar-refractivity contribution < 1.29 is 0 Å². The number of nitrogens with one attached hydrogen (secondary N) is 1. The molecule has 5 heteroatoms. The SMILES string of the molecule is Cc1cc([C@H]2[C@@H](c3ccccn3)NC(=S)N2CC(C)C)c(C)n1C1CC1. The van der Waals surface area contributed by atoms with Gasteiger partial charge in [0.1, 0.15) is 0 Å². The van der Waals surface area contributed by atoms with Crippen LogP contribution in [0.25, 0.3) is 0 Å². The Hall–Kier alpha value is -1.88. The third kappa shape index (κ3) is 3.02. The first-order valence-electron chi connectivity index (χ1n) is 9.63. The molecule has 26 heavy (non-hydrogen) atoms. The lowest BCUT2D eigenvalue weighted by Crippen LogP contribution is -2.33. The van der Waals surface area contributed by atoms with Crippen LogP contribution in [0.3, 0.4) is 0 Å². The molecule has 4 nitrogen and oxygen atoms in total. The van der Waals surface area contributed by atoms with Crippen molar-refractivity contribution in [2.45, 2.75) is 58.7 Å². The van der Waals surface area contributed by atoms with Gasteiger partial charge in [0.2, 0.25) is 0 Å². The Kier molecular flexibility index (Phi) is 4.51. The topological polar surface area (TPSA) is 33.1 Å². The zero-order valence-electron chi connectivity index (χ0n) is 16.1. The Bertz CT molecular complexity index is 807. The van der Waals surface area contributed by atoms with E-state index in [0.717, 1.165) is 17.4 Å². The van der Waals surface area contributed by atoms with E-state index in [4.69, 9.17) is 12.2 Å². The van der Waals surface area contributed by atoms with Gasteiger partial charge in [0.25, 0.3) is 0 Å². The molecule has 138 valence electrons. The molecule has 0 bridgehead atoms. The molecule has 0 unspecified atom stereocenters. The first-order valence-corrected chi connectivity index (χ1v) is 10.0. The van der Waals surface area contributed by atoms with E-state index in [1.165, 1.54) is 29.8 Å². The summed E-state index contributed by atoms with van der Waals surface area (Å²) in [5.41, 5.74) is 5.19. The predicted molar refractivity (Wildman–Crippen MR) is 109 cm³/mol. The molecule has 2 aromatic heterocycles. The van der Waals surface area contributed by atoms with Gasteiger partial charge in [0, 0.05) is 30.2 Å². The van der Waals surface area contributed by atoms with Crippen molar-refractivity contribution >= 4 is 17.3 Å². The lowest BCUT2D eigenvalue weighted by molar-refractivity contribution is 0.286. The Morgan fingerprint density at radius 3 is 2.65 bits per heavy atom. The van der Waals surface area contributed by atoms with Crippen LogP contribution in [0.2, 0.25) is 0 Å². The number of thiocarbonyl (C=S) groups is 1. The van der Waals surface area contributed by atoms with Gasteiger partial charge in [0.15, 0.2) is 5.11 Å². The van der Waals surface area contributed by atoms with E-state index in [0.29, 0.717) is 12.0 Å². The monoisotopic (exact) mass is 368 g/mol. The molecule has 0 radical (unpaired) electrons. The average Bonchev–Trinajstić information content (AvgIpc) is 3.33. The molecule has 1 saturated carbocycles. The van der Waals surface area contributed by atoms with E-state index in [1.54, 1.807) is 0 Å². The number of aromatic nitrogens is 2. The van der Waals surface area contributed by atoms with Crippen LogP contribution in [-0.2, 0) is 0 Å². The Balaban J connectivity index is 1.79. The Labute approximate surface area is 161 Å². The molecular weight excluding hydrogens is 340 g/mol. The maximum atomic E-state index is 5.74. The highest BCUT2D eigenvalue weighted by Gasteiger charge is 2.42. The van der Waals surface area contributed by atoms with Crippen LogP contribution < -0.4 is 5.32 Å². The van der Waals surface area contributed by atoms with E-state index < -0.39 is 0 Å². The first-order chi connectivity index (χ1) is 12.5. The molecule has 0 amide bonds. The third-order valence-corrected chi connectivity index (χ3v) is 5.87. The number of hydrogen-bond acceptors (Lipinski definition) is 2. The van der Waals surface area contributed by atoms with Crippen LogP contribution in [0.15, 0.2) is 30.5 Å². The Morgan fingerprint density at radius 2 is 2.04 bits per heavy atom. The molecule has 0 aromatic carbocycles. The van der Waals surface area contributed by atoms with Gasteiger partial charge in [-0.25, -0.2) is 0 Å². The molecule has 3 heterocycles. The van der Waals surface area contributed by atoms with Crippen LogP contribution in [0.4, 0.5) is 0 Å². The zero-order chi connectivity index (χ0) is 18.4. The standard InChI is InChI=1S/C21H28N4S/c1-13(2)12-24-20(17-11-14(3)25(15(17)4)16-8-9-16)19(23-21(24)26)18-7-5-6-10-22-18/h5-7,10-11,13,16,19-20H,8-9,12H2,1-4H3,(H,23,26)/t19-,20+/m1/s1. The average molecular weight is 369 g/mol. The van der Waals surface area contributed by atoms with Gasteiger partial charge in [-0.05, 0) is 68.6 Å². The fourth-order valence-electron chi connectivity index (χ4n) is 4.33. The smallest absolute Gasteiger partial charge is 0.170 e. The molecule has 1 saturated heterocycles. The van der Waals surface area contributed by atoms with Crippen LogP contribution in [-0.4, -0.2) is 26.1 Å². The van der Waals surface area contributed by atoms with Crippen LogP contribution >= 0.6 is 12.2 Å². The van der Waals surface area contributed by atoms with Crippen molar-refractivity contribution in [1.82, 2.24) is 19.8 Å². The maximum absolute atomic E-state index is 5.74. The van der Waals surface area contributed by atoms with E-state index in [9.17, 15) is 0 Å². The second-order valence-corrected chi connectivity index (χ2v) is 8.49. The van der Waals surface area contributed by atoms with Crippen LogP contribution in [0, 0.1) is 19.8 Å². The predicted octanol–water partition coefficient (Wildman–Crippen LogP) is 4.46. The lowest BCUT2D eigenvalue weighted by atomic mass is 9.96. The highest BCUT2D eigenvalue weighted by Crippen LogP contribution is 2.44. The van der Waals surface area contributed by atoms with Gasteiger partial charge in [-0.2, -0.15) is 0 Å². The fourth-order valence-corrected chi connectivity index (χ4v) is 4.65. The number of nitrogens with zero attached hydrogens (tertiary/aromatic N) is 3. The minimum Gasteiger partial charge on any atom is -0.352 e. The van der Waals surface area contributed by atoms with Crippen molar-refractivity contribution in [3.8, 4) is 0 Å². The summed E-state index contributed by atoms with van der Waals surface area (Å²) in [4.78, 5) is 7.01. The molecule has 2 aliphatic rings. The van der Waals surface area contributed by atoms with Crippen LogP contribution in [0.5, 0.6) is 0 Å². The molecule has 2 fully saturated rings. The van der Waals surface area contributed by atoms with E-state index in [1.807, 2.05) is 12.3 Å². The van der Waals surface area contributed by atoms with Gasteiger partial charge in [0.05, 0.1) is 17.8 Å². The second-order valence-electron chi connectivity index (χ2n) is 8.10. The normalized spacial score (nSPS) is 23.0. The number of rotatable bonds is 5. The van der Waals surface area contributed by atoms with Crippen LogP contribution in [0.1, 0.15) is 67.5 Å². The maximum Gasteiger partial charge on any atom is 0.170 e. The van der Waals surface area contributed by atoms with Gasteiger partial charge in [-0.3, -0.25) is 4.98 Å². The summed E-state index contributed by atoms with van der Waals surface area (Å²) >= 11 is 5.74. The van der Waals surface area contributed by atoms with Crippen molar-refractivity contribution in [1.29, 1.82) is 0 Å². The molecule has 2 atom stereocenters. The summed E-state index contributed by atoms with van der Waals surface area (Å²) < 4.78 is 2.53. The van der Waals surface area contributed by atoms with Crippen molar-refractivity contribution in [3.05, 3.63) is 53.1 Å². The fraction of sp³-hybridized carbons (Fsp3) is 0.524. The van der Waals surface area contributed by atoms with E-state index in [2.05, 4.69) is 65.7 Å². The largest absolute Gasteiger partial charge is 0.352 e. The molecule has 1 aliphatic carbocycles. The van der Waals surface area contributed by atoms with Crippen molar-refractivity contribution in [2.75, 3.05) is 6.54 Å². The van der Waals surface area contributed by atoms with Gasteiger partial charge < -0.3 is 14.8 Å². The zero-order valence-corrected chi connectivity index (χ0v) is 16.9. The minimum absolute atomic E-state index is 0.0932. The quantitative estimate of drug-likeness (QED) is 0.790. The molecule has 1 aliphatic heterocycles. The highest BCUT2D eigenvalue weighted by atomic mass is 32.1. The van der Waals surface area contributed by atoms with Crippen molar-refractivity contribution in [3.63, 3.8) is 0 Å². The van der Waals surface area contributed by atoms with Crippen molar-refractivity contribution in [2.24, 2.45) is 5.92 Å². The number of pyridine rings is 1. The summed E-state index contributed by atoms with van der Waals surface area (Å²) in [6.07, 6.45) is 4.47. The minimum atomic E-state index is 0.0932. The third-order valence-electron chi connectivity index (χ3n) is 5.51. The van der Waals surface area contributed by atoms with E-state index in [-0.39, 0.29) is 12.1 Å². The summed E-state index contributed by atoms with van der Waals surface area (Å²) in [6.45, 7) is 9.96. The summed E-state index contributed by atoms with van der Waals surface area (Å²) in [7, 11) is 0. The number of hydrogen-bond donors (Lipinski definition) is 1. The molecular formula is C21H28N4S. The number of aryl methyl sites for hydroxylation is 1.